The number of hydrogen-bond acceptors (Lipinski definition) is 3. The van der Waals surface area contributed by atoms with Crippen LogP contribution in [0.1, 0.15) is 34.7 Å². The van der Waals surface area contributed by atoms with E-state index in [-0.39, 0.29) is 6.04 Å². The number of hydrogen-bond donors (Lipinski definition) is 2. The van der Waals surface area contributed by atoms with Crippen LogP contribution in [-0.2, 0) is 26.3 Å². The maximum absolute atomic E-state index is 5.69. The molecule has 0 fully saturated rings. The summed E-state index contributed by atoms with van der Waals surface area (Å²) in [5, 5.41) is 4.21. The highest BCUT2D eigenvalue weighted by Crippen LogP contribution is 2.25. The van der Waals surface area contributed by atoms with Gasteiger partial charge in [-0.2, -0.15) is 5.10 Å². The molecule has 1 aliphatic carbocycles. The van der Waals surface area contributed by atoms with Gasteiger partial charge in [0.05, 0.1) is 12.2 Å². The Bertz CT molecular complexity index is 573. The molecule has 0 amide bonds. The average Bonchev–Trinajstić information content (AvgIpc) is 3.04. The molecule has 0 saturated heterocycles. The zero-order valence-corrected chi connectivity index (χ0v) is 11.3. The third-order valence-electron chi connectivity index (χ3n) is 3.93. The molecule has 1 aromatic carbocycles. The van der Waals surface area contributed by atoms with Crippen molar-refractivity contribution >= 4 is 0 Å². The number of nitrogens with two attached hydrogens (primary N) is 1. The highest BCUT2D eigenvalue weighted by molar-refractivity contribution is 5.36. The molecular weight excluding hydrogens is 236 g/mol. The number of hydrazine groups is 1. The first-order valence-electron chi connectivity index (χ1n) is 6.81. The summed E-state index contributed by atoms with van der Waals surface area (Å²) in [7, 11) is 1.92. The molecule has 1 aliphatic rings. The second kappa shape index (κ2) is 5.15. The fourth-order valence-electron chi connectivity index (χ4n) is 2.88. The molecule has 1 aromatic heterocycles. The van der Waals surface area contributed by atoms with E-state index in [0.29, 0.717) is 0 Å². The second-order valence-corrected chi connectivity index (χ2v) is 5.33. The van der Waals surface area contributed by atoms with E-state index in [9.17, 15) is 0 Å². The van der Waals surface area contributed by atoms with E-state index in [1.54, 1.807) is 0 Å². The van der Waals surface area contributed by atoms with Gasteiger partial charge >= 0.3 is 0 Å². The van der Waals surface area contributed by atoms with Gasteiger partial charge in [0.2, 0.25) is 0 Å². The van der Waals surface area contributed by atoms with Crippen molar-refractivity contribution < 1.29 is 0 Å². The van der Waals surface area contributed by atoms with Crippen LogP contribution in [0.5, 0.6) is 0 Å². The maximum Gasteiger partial charge on any atom is 0.0538 e. The first-order valence-corrected chi connectivity index (χ1v) is 6.81. The van der Waals surface area contributed by atoms with Gasteiger partial charge in [-0.25, -0.2) is 0 Å². The summed E-state index contributed by atoms with van der Waals surface area (Å²) < 4.78 is 1.81. The van der Waals surface area contributed by atoms with Gasteiger partial charge in [-0.1, -0.05) is 18.2 Å². The Hall–Kier alpha value is -1.65. The Morgan fingerprint density at radius 2 is 2.21 bits per heavy atom. The van der Waals surface area contributed by atoms with Crippen LogP contribution >= 0.6 is 0 Å². The van der Waals surface area contributed by atoms with Gasteiger partial charge < -0.3 is 0 Å². The lowest BCUT2D eigenvalue weighted by molar-refractivity contribution is 0.551. The lowest BCUT2D eigenvalue weighted by atomic mass is 9.98. The number of fused-ring (bicyclic) bond motifs is 1. The zero-order valence-electron chi connectivity index (χ0n) is 11.3. The van der Waals surface area contributed by atoms with E-state index in [1.165, 1.54) is 36.0 Å². The van der Waals surface area contributed by atoms with Gasteiger partial charge in [-0.05, 0) is 42.4 Å². The van der Waals surface area contributed by atoms with Crippen molar-refractivity contribution in [2.75, 3.05) is 0 Å². The minimum atomic E-state index is 0.119. The average molecular weight is 256 g/mol. The highest BCUT2D eigenvalue weighted by Gasteiger charge is 2.15. The van der Waals surface area contributed by atoms with E-state index in [2.05, 4.69) is 28.7 Å². The molecule has 0 radical (unpaired) electrons. The van der Waals surface area contributed by atoms with Gasteiger partial charge in [0.25, 0.3) is 0 Å². The number of nitrogens with one attached hydrogen (secondary N) is 1. The van der Waals surface area contributed by atoms with Gasteiger partial charge in [-0.3, -0.25) is 16.0 Å². The summed E-state index contributed by atoms with van der Waals surface area (Å²) in [5.41, 5.74) is 8.39. The topological polar surface area (TPSA) is 55.9 Å². The maximum atomic E-state index is 5.69. The molecule has 4 nitrogen and oxygen atoms in total. The molecule has 4 heteroatoms. The molecule has 0 saturated carbocycles. The molecule has 0 aliphatic heterocycles. The van der Waals surface area contributed by atoms with Crippen LogP contribution in [0.3, 0.4) is 0 Å². The van der Waals surface area contributed by atoms with Crippen LogP contribution in [0.2, 0.25) is 0 Å². The summed E-state index contributed by atoms with van der Waals surface area (Å²) in [5.74, 6) is 5.69. The molecule has 3 rings (SSSR count). The standard InChI is InChI=1S/C15H20N4/c1-19-10-14(9-17-19)15(18-16)8-11-5-6-12-3-2-4-13(12)7-11/h5-7,9-10,15,18H,2-4,8,16H2,1H3. The van der Waals surface area contributed by atoms with Crippen molar-refractivity contribution in [3.8, 4) is 0 Å². The number of aromatic nitrogens is 2. The van der Waals surface area contributed by atoms with Crippen LogP contribution in [0, 0.1) is 0 Å². The Balaban J connectivity index is 1.79. The largest absolute Gasteiger partial charge is 0.275 e. The van der Waals surface area contributed by atoms with Crippen LogP contribution in [0.25, 0.3) is 0 Å². The zero-order chi connectivity index (χ0) is 13.2. The third-order valence-corrected chi connectivity index (χ3v) is 3.93. The summed E-state index contributed by atoms with van der Waals surface area (Å²) in [6.07, 6.45) is 8.53. The molecule has 0 spiro atoms. The van der Waals surface area contributed by atoms with Gasteiger partial charge in [-0.15, -0.1) is 0 Å². The van der Waals surface area contributed by atoms with Crippen molar-refractivity contribution in [2.24, 2.45) is 12.9 Å². The third kappa shape index (κ3) is 2.55. The fourth-order valence-corrected chi connectivity index (χ4v) is 2.88. The van der Waals surface area contributed by atoms with Crippen molar-refractivity contribution in [1.29, 1.82) is 0 Å². The van der Waals surface area contributed by atoms with Crippen molar-refractivity contribution in [3.63, 3.8) is 0 Å². The van der Waals surface area contributed by atoms with E-state index in [0.717, 1.165) is 12.0 Å². The van der Waals surface area contributed by atoms with Crippen LogP contribution in [0.15, 0.2) is 30.6 Å². The molecule has 100 valence electrons. The van der Waals surface area contributed by atoms with E-state index in [4.69, 9.17) is 5.84 Å². The summed E-state index contributed by atoms with van der Waals surface area (Å²) in [6.45, 7) is 0. The molecule has 0 bridgehead atoms. The normalized spacial score (nSPS) is 15.5. The highest BCUT2D eigenvalue weighted by atomic mass is 15.3. The lowest BCUT2D eigenvalue weighted by Crippen LogP contribution is -2.29. The van der Waals surface area contributed by atoms with Crippen LogP contribution < -0.4 is 11.3 Å². The second-order valence-electron chi connectivity index (χ2n) is 5.33. The first-order chi connectivity index (χ1) is 9.26. The quantitative estimate of drug-likeness (QED) is 0.646. The SMILES string of the molecule is Cn1cc(C(Cc2ccc3c(c2)CCC3)NN)cn1. The Labute approximate surface area is 113 Å². The molecule has 1 unspecified atom stereocenters. The number of aryl methyl sites for hydroxylation is 3. The minimum absolute atomic E-state index is 0.119. The van der Waals surface area contributed by atoms with Gasteiger partial charge in [0.15, 0.2) is 0 Å². The molecule has 3 N–H and O–H groups in total. The smallest absolute Gasteiger partial charge is 0.0538 e. The van der Waals surface area contributed by atoms with E-state index < -0.39 is 0 Å². The van der Waals surface area contributed by atoms with Gasteiger partial charge in [0.1, 0.15) is 0 Å². The monoisotopic (exact) mass is 256 g/mol. The molecule has 1 atom stereocenters. The van der Waals surface area contributed by atoms with Crippen LogP contribution in [0.4, 0.5) is 0 Å². The predicted octanol–water partition coefficient (Wildman–Crippen LogP) is 1.66. The fraction of sp³-hybridized carbons (Fsp3) is 0.400. The lowest BCUT2D eigenvalue weighted by Gasteiger charge is -2.15. The van der Waals surface area contributed by atoms with E-state index in [1.807, 2.05) is 24.1 Å². The predicted molar refractivity (Wildman–Crippen MR) is 75.4 cm³/mol. The Kier molecular flexibility index (Phi) is 3.36. The Morgan fingerprint density at radius 1 is 1.37 bits per heavy atom. The van der Waals surface area contributed by atoms with Crippen LogP contribution in [-0.4, -0.2) is 9.78 Å². The molecule has 1 heterocycles. The summed E-state index contributed by atoms with van der Waals surface area (Å²) in [6, 6.07) is 6.95. The number of nitrogens with zero attached hydrogens (tertiary/aromatic N) is 2. The minimum Gasteiger partial charge on any atom is -0.275 e. The Morgan fingerprint density at radius 3 is 2.95 bits per heavy atom. The molecular formula is C15H20N4. The summed E-state index contributed by atoms with van der Waals surface area (Å²) >= 11 is 0. The number of rotatable bonds is 4. The molecule has 19 heavy (non-hydrogen) atoms. The summed E-state index contributed by atoms with van der Waals surface area (Å²) in [4.78, 5) is 0. The van der Waals surface area contributed by atoms with Crippen molar-refractivity contribution in [3.05, 3.63) is 52.8 Å². The van der Waals surface area contributed by atoms with Crippen molar-refractivity contribution in [2.45, 2.75) is 31.7 Å². The van der Waals surface area contributed by atoms with Crippen molar-refractivity contribution in [1.82, 2.24) is 15.2 Å². The van der Waals surface area contributed by atoms with E-state index >= 15 is 0 Å². The first kappa shape index (κ1) is 12.4. The van der Waals surface area contributed by atoms with Gasteiger partial charge in [0, 0.05) is 18.8 Å². The number of benzene rings is 1. The molecule has 2 aromatic rings.